The molecule has 0 aromatic carbocycles. The minimum atomic E-state index is -0.664. The third-order valence-corrected chi connectivity index (χ3v) is 3.06. The van der Waals surface area contributed by atoms with Gasteiger partial charge in [0, 0.05) is 6.42 Å². The van der Waals surface area contributed by atoms with Crippen molar-refractivity contribution in [3.63, 3.8) is 0 Å². The average Bonchev–Trinajstić information content (AvgIpc) is 2.14. The predicted octanol–water partition coefficient (Wildman–Crippen LogP) is 2.93. The van der Waals surface area contributed by atoms with Crippen molar-refractivity contribution in [2.24, 2.45) is 0 Å². The van der Waals surface area contributed by atoms with Crippen molar-refractivity contribution >= 4 is 18.4 Å². The zero-order chi connectivity index (χ0) is 10.9. The Morgan fingerprint density at radius 1 is 1.00 bits per heavy atom. The van der Waals surface area contributed by atoms with Crippen LogP contribution in [0.1, 0.15) is 51.4 Å². The summed E-state index contributed by atoms with van der Waals surface area (Å²) >= 11 is 0. The van der Waals surface area contributed by atoms with E-state index in [1.54, 1.807) is 0 Å². The second-order valence-electron chi connectivity index (χ2n) is 4.46. The largest absolute Gasteiger partial charge is 0.481 e. The van der Waals surface area contributed by atoms with Crippen LogP contribution in [0, 0.1) is 0 Å². The zero-order valence-electron chi connectivity index (χ0n) is 9.99. The molecule has 0 spiro atoms. The lowest BCUT2D eigenvalue weighted by atomic mass is 10.1. The smallest absolute Gasteiger partial charge is 0.303 e. The van der Waals surface area contributed by atoms with Gasteiger partial charge in [0.25, 0.3) is 0 Å². The Labute approximate surface area is 105 Å². The second kappa shape index (κ2) is 9.91. The maximum Gasteiger partial charge on any atom is 0.303 e. The van der Waals surface area contributed by atoms with E-state index in [9.17, 15) is 4.79 Å². The molecule has 0 aromatic heterocycles. The van der Waals surface area contributed by atoms with Gasteiger partial charge in [-0.2, -0.15) is 0 Å². The van der Waals surface area contributed by atoms with Crippen molar-refractivity contribution < 1.29 is 9.90 Å². The van der Waals surface area contributed by atoms with Crippen LogP contribution in [0.3, 0.4) is 0 Å². The average molecular weight is 250 g/mol. The number of carboxylic acid groups (broad SMARTS) is 1. The minimum Gasteiger partial charge on any atom is -0.481 e. The highest BCUT2D eigenvalue weighted by Crippen LogP contribution is 2.11. The Morgan fingerprint density at radius 3 is 2.12 bits per heavy atom. The van der Waals surface area contributed by atoms with Crippen molar-refractivity contribution in [1.29, 1.82) is 0 Å². The van der Waals surface area contributed by atoms with Crippen LogP contribution in [0.2, 0.25) is 0 Å². The Bertz CT molecular complexity index is 180. The standard InChI is InChI=1S/C12H23NO2.ClH/c14-12(15)8-4-7-11-13-9-5-2-1-3-6-10-13;/h1-11H2,(H,14,15);1H. The molecule has 0 amide bonds. The first-order chi connectivity index (χ1) is 7.29. The maximum absolute atomic E-state index is 10.3. The molecule has 1 aliphatic rings. The molecule has 96 valence electrons. The molecule has 1 heterocycles. The van der Waals surface area contributed by atoms with Gasteiger partial charge < -0.3 is 10.0 Å². The number of carbonyl (C=O) groups is 1. The molecule has 4 heteroatoms. The van der Waals surface area contributed by atoms with Gasteiger partial charge in [-0.3, -0.25) is 4.79 Å². The summed E-state index contributed by atoms with van der Waals surface area (Å²) in [5.41, 5.74) is 0. The molecule has 1 saturated heterocycles. The predicted molar refractivity (Wildman–Crippen MR) is 68.3 cm³/mol. The fraction of sp³-hybridized carbons (Fsp3) is 0.917. The summed E-state index contributed by atoms with van der Waals surface area (Å²) in [6.07, 6.45) is 8.95. The molecule has 0 saturated carbocycles. The highest BCUT2D eigenvalue weighted by Gasteiger charge is 2.07. The molecule has 1 rings (SSSR count). The van der Waals surface area contributed by atoms with Gasteiger partial charge >= 0.3 is 5.97 Å². The number of hydrogen-bond donors (Lipinski definition) is 1. The highest BCUT2D eigenvalue weighted by molar-refractivity contribution is 5.85. The van der Waals surface area contributed by atoms with Gasteiger partial charge in [-0.25, -0.2) is 0 Å². The summed E-state index contributed by atoms with van der Waals surface area (Å²) in [5, 5.41) is 8.52. The topological polar surface area (TPSA) is 40.5 Å². The number of nitrogens with zero attached hydrogens (tertiary/aromatic N) is 1. The van der Waals surface area contributed by atoms with Gasteiger partial charge in [-0.1, -0.05) is 19.3 Å². The second-order valence-corrected chi connectivity index (χ2v) is 4.46. The first-order valence-electron chi connectivity index (χ1n) is 6.23. The van der Waals surface area contributed by atoms with Crippen LogP contribution in [-0.4, -0.2) is 35.6 Å². The normalized spacial score (nSPS) is 18.2. The summed E-state index contributed by atoms with van der Waals surface area (Å²) in [7, 11) is 0. The van der Waals surface area contributed by atoms with Crippen molar-refractivity contribution in [3.05, 3.63) is 0 Å². The third-order valence-electron chi connectivity index (χ3n) is 3.06. The van der Waals surface area contributed by atoms with Gasteiger partial charge in [-0.15, -0.1) is 12.4 Å². The van der Waals surface area contributed by atoms with Crippen molar-refractivity contribution in [2.75, 3.05) is 19.6 Å². The number of carboxylic acids is 1. The zero-order valence-corrected chi connectivity index (χ0v) is 10.8. The molecule has 0 aliphatic carbocycles. The minimum absolute atomic E-state index is 0. The van der Waals surface area contributed by atoms with Crippen LogP contribution >= 0.6 is 12.4 Å². The number of aliphatic carboxylic acids is 1. The highest BCUT2D eigenvalue weighted by atomic mass is 35.5. The third kappa shape index (κ3) is 7.94. The van der Waals surface area contributed by atoms with E-state index in [-0.39, 0.29) is 12.4 Å². The van der Waals surface area contributed by atoms with Crippen LogP contribution in [0.4, 0.5) is 0 Å². The Hall–Kier alpha value is -0.280. The lowest BCUT2D eigenvalue weighted by Crippen LogP contribution is -2.28. The van der Waals surface area contributed by atoms with E-state index in [0.29, 0.717) is 6.42 Å². The van der Waals surface area contributed by atoms with Crippen LogP contribution in [0.15, 0.2) is 0 Å². The quantitative estimate of drug-likeness (QED) is 0.762. The van der Waals surface area contributed by atoms with E-state index in [1.807, 2.05) is 0 Å². The van der Waals surface area contributed by atoms with E-state index in [4.69, 9.17) is 5.11 Å². The number of unbranched alkanes of at least 4 members (excludes halogenated alkanes) is 1. The van der Waals surface area contributed by atoms with Gasteiger partial charge in [0.15, 0.2) is 0 Å². The lowest BCUT2D eigenvalue weighted by molar-refractivity contribution is -0.137. The lowest BCUT2D eigenvalue weighted by Gasteiger charge is -2.24. The summed E-state index contributed by atoms with van der Waals surface area (Å²) in [5.74, 6) is -0.664. The molecule has 1 N–H and O–H groups in total. The number of rotatable bonds is 5. The molecule has 0 bridgehead atoms. The van der Waals surface area contributed by atoms with E-state index in [1.165, 1.54) is 45.2 Å². The van der Waals surface area contributed by atoms with E-state index in [2.05, 4.69) is 4.90 Å². The number of likely N-dealkylation sites (tertiary alicyclic amines) is 1. The van der Waals surface area contributed by atoms with Crippen molar-refractivity contribution in [3.8, 4) is 0 Å². The van der Waals surface area contributed by atoms with Gasteiger partial charge in [0.05, 0.1) is 0 Å². The summed E-state index contributed by atoms with van der Waals surface area (Å²) in [6.45, 7) is 3.52. The molecule has 3 nitrogen and oxygen atoms in total. The van der Waals surface area contributed by atoms with Crippen LogP contribution < -0.4 is 0 Å². The van der Waals surface area contributed by atoms with Crippen LogP contribution in [-0.2, 0) is 4.79 Å². The fourth-order valence-corrected chi connectivity index (χ4v) is 2.15. The van der Waals surface area contributed by atoms with E-state index in [0.717, 1.165) is 19.4 Å². The first kappa shape index (κ1) is 15.7. The Balaban J connectivity index is 0.00000225. The molecule has 0 radical (unpaired) electrons. The fourth-order valence-electron chi connectivity index (χ4n) is 2.15. The van der Waals surface area contributed by atoms with E-state index >= 15 is 0 Å². The summed E-state index contributed by atoms with van der Waals surface area (Å²) in [4.78, 5) is 12.8. The van der Waals surface area contributed by atoms with Crippen LogP contribution in [0.5, 0.6) is 0 Å². The summed E-state index contributed by atoms with van der Waals surface area (Å²) in [6, 6.07) is 0. The van der Waals surface area contributed by atoms with E-state index < -0.39 is 5.97 Å². The van der Waals surface area contributed by atoms with Gasteiger partial charge in [-0.05, 0) is 45.3 Å². The Kier molecular flexibility index (Phi) is 9.74. The first-order valence-corrected chi connectivity index (χ1v) is 6.23. The van der Waals surface area contributed by atoms with Crippen LogP contribution in [0.25, 0.3) is 0 Å². The monoisotopic (exact) mass is 249 g/mol. The molecular weight excluding hydrogens is 226 g/mol. The Morgan fingerprint density at radius 2 is 1.56 bits per heavy atom. The summed E-state index contributed by atoms with van der Waals surface area (Å²) < 4.78 is 0. The van der Waals surface area contributed by atoms with Gasteiger partial charge in [0.2, 0.25) is 0 Å². The molecule has 0 atom stereocenters. The van der Waals surface area contributed by atoms with Gasteiger partial charge in [0.1, 0.15) is 0 Å². The maximum atomic E-state index is 10.3. The molecule has 1 fully saturated rings. The molecule has 16 heavy (non-hydrogen) atoms. The van der Waals surface area contributed by atoms with Crippen molar-refractivity contribution in [2.45, 2.75) is 51.4 Å². The molecule has 1 aliphatic heterocycles. The molecule has 0 aromatic rings. The molecular formula is C12H24ClNO2. The molecule has 0 unspecified atom stereocenters. The number of halogens is 1. The SMILES string of the molecule is Cl.O=C(O)CCCCN1CCCCCCC1. The number of hydrogen-bond acceptors (Lipinski definition) is 2. The van der Waals surface area contributed by atoms with Crippen molar-refractivity contribution in [1.82, 2.24) is 4.90 Å².